The molecule has 1 amide bonds. The molecular formula is C22H34N2O. The number of carbonyl (C=O) groups is 1. The molecule has 0 radical (unpaired) electrons. The van der Waals surface area contributed by atoms with Gasteiger partial charge in [0.05, 0.1) is 0 Å². The first-order valence-electron chi connectivity index (χ1n) is 10.2. The van der Waals surface area contributed by atoms with Gasteiger partial charge in [0.15, 0.2) is 0 Å². The summed E-state index contributed by atoms with van der Waals surface area (Å²) in [6, 6.07) is 8.13. The number of amides is 1. The highest BCUT2D eigenvalue weighted by atomic mass is 16.1. The van der Waals surface area contributed by atoms with Crippen molar-refractivity contribution in [2.45, 2.75) is 82.6 Å². The van der Waals surface area contributed by atoms with E-state index in [-0.39, 0.29) is 16.9 Å². The van der Waals surface area contributed by atoms with Gasteiger partial charge in [-0.3, -0.25) is 4.79 Å². The highest BCUT2D eigenvalue weighted by Crippen LogP contribution is 2.51. The summed E-state index contributed by atoms with van der Waals surface area (Å²) in [7, 11) is 0. The fourth-order valence-electron chi connectivity index (χ4n) is 5.40. The van der Waals surface area contributed by atoms with Crippen molar-refractivity contribution in [3.05, 3.63) is 35.4 Å². The molecule has 2 fully saturated rings. The summed E-state index contributed by atoms with van der Waals surface area (Å²) in [6.07, 6.45) is 11.4. The van der Waals surface area contributed by atoms with Gasteiger partial charge < -0.3 is 11.1 Å². The van der Waals surface area contributed by atoms with Gasteiger partial charge in [0.2, 0.25) is 5.91 Å². The minimum Gasteiger partial charge on any atom is -0.366 e. The number of unbranched alkanes of at least 4 members (excludes halogenated alkanes) is 2. The third-order valence-corrected chi connectivity index (χ3v) is 6.96. The SMILES string of the molecule is CCCCCC(C)C12CCCC(c3cccc(C(N)=O)c3)(CCN1)C2. The second-order valence-corrected chi connectivity index (χ2v) is 8.49. The van der Waals surface area contributed by atoms with E-state index in [1.54, 1.807) is 0 Å². The van der Waals surface area contributed by atoms with Crippen LogP contribution in [0.2, 0.25) is 0 Å². The molecular weight excluding hydrogens is 308 g/mol. The molecule has 3 N–H and O–H groups in total. The first kappa shape index (κ1) is 18.4. The Morgan fingerprint density at radius 1 is 1.28 bits per heavy atom. The van der Waals surface area contributed by atoms with Crippen LogP contribution in [0.4, 0.5) is 0 Å². The maximum atomic E-state index is 11.6. The van der Waals surface area contributed by atoms with Crippen molar-refractivity contribution in [3.8, 4) is 0 Å². The summed E-state index contributed by atoms with van der Waals surface area (Å²) < 4.78 is 0. The lowest BCUT2D eigenvalue weighted by atomic mass is 9.56. The van der Waals surface area contributed by atoms with Gasteiger partial charge >= 0.3 is 0 Å². The van der Waals surface area contributed by atoms with Crippen LogP contribution < -0.4 is 11.1 Å². The Labute approximate surface area is 152 Å². The molecule has 1 aromatic rings. The maximum Gasteiger partial charge on any atom is 0.248 e. The largest absolute Gasteiger partial charge is 0.366 e. The third-order valence-electron chi connectivity index (χ3n) is 6.96. The van der Waals surface area contributed by atoms with Gasteiger partial charge in [0.25, 0.3) is 0 Å². The van der Waals surface area contributed by atoms with E-state index in [4.69, 9.17) is 5.73 Å². The normalized spacial score (nSPS) is 30.0. The Hall–Kier alpha value is -1.35. The first-order valence-corrected chi connectivity index (χ1v) is 10.2. The zero-order chi connectivity index (χ0) is 17.9. The van der Waals surface area contributed by atoms with Crippen molar-refractivity contribution in [2.24, 2.45) is 11.7 Å². The average molecular weight is 343 g/mol. The van der Waals surface area contributed by atoms with Gasteiger partial charge in [0.1, 0.15) is 0 Å². The predicted octanol–water partition coefficient (Wildman–Crippen LogP) is 4.55. The van der Waals surface area contributed by atoms with E-state index in [0.717, 1.165) is 6.54 Å². The Morgan fingerprint density at radius 2 is 2.12 bits per heavy atom. The van der Waals surface area contributed by atoms with Crippen molar-refractivity contribution in [1.29, 1.82) is 0 Å². The van der Waals surface area contributed by atoms with E-state index in [9.17, 15) is 4.79 Å². The molecule has 1 aliphatic carbocycles. The summed E-state index contributed by atoms with van der Waals surface area (Å²) in [4.78, 5) is 11.6. The van der Waals surface area contributed by atoms with Gasteiger partial charge in [-0.25, -0.2) is 0 Å². The molecule has 1 saturated heterocycles. The number of nitrogens with one attached hydrogen (secondary N) is 1. The number of piperidine rings is 1. The molecule has 3 atom stereocenters. The number of carbonyl (C=O) groups excluding carboxylic acids is 1. The monoisotopic (exact) mass is 342 g/mol. The molecule has 3 unspecified atom stereocenters. The summed E-state index contributed by atoms with van der Waals surface area (Å²) in [6.45, 7) is 5.81. The van der Waals surface area contributed by atoms with Gasteiger partial charge in [0, 0.05) is 11.1 Å². The van der Waals surface area contributed by atoms with Crippen molar-refractivity contribution in [2.75, 3.05) is 6.54 Å². The lowest BCUT2D eigenvalue weighted by Crippen LogP contribution is -2.61. The maximum absolute atomic E-state index is 11.6. The van der Waals surface area contributed by atoms with Gasteiger partial charge in [-0.15, -0.1) is 0 Å². The number of benzene rings is 1. The second kappa shape index (κ2) is 7.49. The molecule has 1 aliphatic heterocycles. The van der Waals surface area contributed by atoms with Crippen LogP contribution in [0.5, 0.6) is 0 Å². The zero-order valence-electron chi connectivity index (χ0n) is 15.9. The summed E-state index contributed by atoms with van der Waals surface area (Å²) in [5, 5.41) is 3.93. The molecule has 3 nitrogen and oxygen atoms in total. The molecule has 25 heavy (non-hydrogen) atoms. The Balaban J connectivity index is 1.85. The minimum atomic E-state index is -0.317. The lowest BCUT2D eigenvalue weighted by Gasteiger charge is -2.56. The molecule has 1 saturated carbocycles. The molecule has 1 heterocycles. The summed E-state index contributed by atoms with van der Waals surface area (Å²) >= 11 is 0. The number of nitrogens with two attached hydrogens (primary N) is 1. The van der Waals surface area contributed by atoms with E-state index in [0.29, 0.717) is 11.5 Å². The van der Waals surface area contributed by atoms with E-state index in [1.165, 1.54) is 63.4 Å². The fourth-order valence-corrected chi connectivity index (χ4v) is 5.40. The van der Waals surface area contributed by atoms with Crippen LogP contribution in [-0.4, -0.2) is 18.0 Å². The Bertz CT molecular complexity index is 600. The van der Waals surface area contributed by atoms with Crippen LogP contribution >= 0.6 is 0 Å². The molecule has 2 aliphatic rings. The number of hydrogen-bond acceptors (Lipinski definition) is 2. The van der Waals surface area contributed by atoms with Crippen LogP contribution in [0.25, 0.3) is 0 Å². The van der Waals surface area contributed by atoms with Crippen LogP contribution in [-0.2, 0) is 5.41 Å². The fraction of sp³-hybridized carbons (Fsp3) is 0.682. The molecule has 0 spiro atoms. The lowest BCUT2D eigenvalue weighted by molar-refractivity contribution is 0.0521. The van der Waals surface area contributed by atoms with Gasteiger partial charge in [-0.2, -0.15) is 0 Å². The van der Waals surface area contributed by atoms with E-state index < -0.39 is 0 Å². The molecule has 0 aromatic heterocycles. The summed E-state index contributed by atoms with van der Waals surface area (Å²) in [5.41, 5.74) is 8.00. The number of fused-ring (bicyclic) bond motifs is 2. The minimum absolute atomic E-state index is 0.216. The van der Waals surface area contributed by atoms with Crippen molar-refractivity contribution < 1.29 is 4.79 Å². The van der Waals surface area contributed by atoms with Crippen molar-refractivity contribution >= 4 is 5.91 Å². The quantitative estimate of drug-likeness (QED) is 0.714. The van der Waals surface area contributed by atoms with Gasteiger partial charge in [-0.1, -0.05) is 51.7 Å². The zero-order valence-corrected chi connectivity index (χ0v) is 15.9. The highest BCUT2D eigenvalue weighted by Gasteiger charge is 2.50. The van der Waals surface area contributed by atoms with E-state index >= 15 is 0 Å². The second-order valence-electron chi connectivity index (χ2n) is 8.49. The van der Waals surface area contributed by atoms with Crippen LogP contribution in [0, 0.1) is 5.92 Å². The first-order chi connectivity index (χ1) is 12.0. The Morgan fingerprint density at radius 3 is 2.88 bits per heavy atom. The Kier molecular flexibility index (Phi) is 5.52. The van der Waals surface area contributed by atoms with Crippen LogP contribution in [0.15, 0.2) is 24.3 Å². The molecule has 1 aromatic carbocycles. The molecule has 138 valence electrons. The standard InChI is InChI=1S/C22H34N2O/c1-3-4-5-8-17(2)22-12-7-11-21(16-22,13-14-24-22)19-10-6-9-18(15-19)20(23)25/h6,9-10,15,17,24H,3-5,7-8,11-14,16H2,1-2H3,(H2,23,25). The van der Waals surface area contributed by atoms with Crippen molar-refractivity contribution in [1.82, 2.24) is 5.32 Å². The van der Waals surface area contributed by atoms with Gasteiger partial charge in [-0.05, 0) is 67.7 Å². The number of primary amides is 1. The van der Waals surface area contributed by atoms with Crippen molar-refractivity contribution in [3.63, 3.8) is 0 Å². The molecule has 2 bridgehead atoms. The smallest absolute Gasteiger partial charge is 0.248 e. The molecule has 3 heteroatoms. The predicted molar refractivity (Wildman–Crippen MR) is 104 cm³/mol. The van der Waals surface area contributed by atoms with Crippen LogP contribution in [0.3, 0.4) is 0 Å². The number of hydrogen-bond donors (Lipinski definition) is 2. The highest BCUT2D eigenvalue weighted by molar-refractivity contribution is 5.92. The van der Waals surface area contributed by atoms with Crippen LogP contribution in [0.1, 0.15) is 87.6 Å². The average Bonchev–Trinajstić information content (AvgIpc) is 2.62. The third kappa shape index (κ3) is 3.62. The molecule has 3 rings (SSSR count). The van der Waals surface area contributed by atoms with E-state index in [2.05, 4.69) is 31.3 Å². The number of rotatable bonds is 7. The topological polar surface area (TPSA) is 55.1 Å². The summed E-state index contributed by atoms with van der Waals surface area (Å²) in [5.74, 6) is 0.389. The van der Waals surface area contributed by atoms with E-state index in [1.807, 2.05) is 12.1 Å².